The van der Waals surface area contributed by atoms with Gasteiger partial charge in [-0.25, -0.2) is 0 Å². The monoisotopic (exact) mass is 260 g/mol. The number of ketones is 1. The number of hydrogen-bond donors (Lipinski definition) is 0. The molecule has 3 rings (SSSR count). The lowest BCUT2D eigenvalue weighted by Crippen LogP contribution is -2.00. The molecule has 0 unspecified atom stereocenters. The van der Waals surface area contributed by atoms with Crippen molar-refractivity contribution in [3.8, 4) is 0 Å². The Balaban J connectivity index is 2.30. The summed E-state index contributed by atoms with van der Waals surface area (Å²) in [4.78, 5) is 12.1. The predicted octanol–water partition coefficient (Wildman–Crippen LogP) is 3.75. The van der Waals surface area contributed by atoms with Gasteiger partial charge in [0.1, 0.15) is 0 Å². The zero-order chi connectivity index (χ0) is 10.4. The summed E-state index contributed by atoms with van der Waals surface area (Å²) in [6.07, 6.45) is 6.08. The first-order valence-corrected chi connectivity index (χ1v) is 5.81. The third-order valence-corrected chi connectivity index (χ3v) is 3.64. The molecular formula is C13H9BrO. The van der Waals surface area contributed by atoms with Gasteiger partial charge in [0, 0.05) is 15.6 Å². The molecule has 74 valence electrons. The van der Waals surface area contributed by atoms with Gasteiger partial charge in [0.25, 0.3) is 0 Å². The first-order valence-electron chi connectivity index (χ1n) is 5.02. The Morgan fingerprint density at radius 1 is 1.27 bits per heavy atom. The van der Waals surface area contributed by atoms with Crippen molar-refractivity contribution in [2.24, 2.45) is 0 Å². The van der Waals surface area contributed by atoms with E-state index in [4.69, 9.17) is 0 Å². The highest BCUT2D eigenvalue weighted by atomic mass is 79.9. The summed E-state index contributed by atoms with van der Waals surface area (Å²) in [6.45, 7) is 0. The summed E-state index contributed by atoms with van der Waals surface area (Å²) in [7, 11) is 0. The quantitative estimate of drug-likeness (QED) is 0.695. The summed E-state index contributed by atoms with van der Waals surface area (Å²) in [5.41, 5.74) is 4.04. The summed E-state index contributed by atoms with van der Waals surface area (Å²) < 4.78 is 0.910. The fraction of sp³-hybridized carbons (Fsp3) is 0.154. The van der Waals surface area contributed by atoms with Crippen LogP contribution in [0.3, 0.4) is 0 Å². The number of Topliss-reactive ketones (excluding diaryl/α,β-unsaturated/α-hetero) is 1. The minimum Gasteiger partial charge on any atom is -0.289 e. The lowest BCUT2D eigenvalue weighted by molar-refractivity contribution is 0.103. The molecule has 0 saturated heterocycles. The second kappa shape index (κ2) is 3.17. The van der Waals surface area contributed by atoms with Crippen molar-refractivity contribution < 1.29 is 4.79 Å². The van der Waals surface area contributed by atoms with Crippen LogP contribution >= 0.6 is 15.9 Å². The van der Waals surface area contributed by atoms with E-state index in [9.17, 15) is 4.79 Å². The maximum Gasteiger partial charge on any atom is 0.191 e. The Morgan fingerprint density at radius 3 is 3.00 bits per heavy atom. The highest BCUT2D eigenvalue weighted by Gasteiger charge is 2.30. The predicted molar refractivity (Wildman–Crippen MR) is 63.8 cm³/mol. The molecule has 0 spiro atoms. The summed E-state index contributed by atoms with van der Waals surface area (Å²) in [5.74, 6) is 0.205. The first-order chi connectivity index (χ1) is 7.29. The van der Waals surface area contributed by atoms with Gasteiger partial charge in [-0.2, -0.15) is 0 Å². The molecule has 0 fully saturated rings. The van der Waals surface area contributed by atoms with Crippen molar-refractivity contribution >= 4 is 27.3 Å². The Morgan fingerprint density at radius 2 is 2.13 bits per heavy atom. The molecule has 0 bridgehead atoms. The van der Waals surface area contributed by atoms with Crippen molar-refractivity contribution in [3.05, 3.63) is 51.5 Å². The zero-order valence-electron chi connectivity index (χ0n) is 8.09. The highest BCUT2D eigenvalue weighted by molar-refractivity contribution is 9.10. The van der Waals surface area contributed by atoms with Gasteiger partial charge in [0.05, 0.1) is 0 Å². The Hall–Kier alpha value is -1.15. The summed E-state index contributed by atoms with van der Waals surface area (Å²) in [6, 6.07) is 5.93. The molecule has 1 aromatic rings. The van der Waals surface area contributed by atoms with Gasteiger partial charge in [0.2, 0.25) is 0 Å². The van der Waals surface area contributed by atoms with Crippen LogP contribution in [0.2, 0.25) is 0 Å². The van der Waals surface area contributed by atoms with Crippen molar-refractivity contribution in [2.75, 3.05) is 0 Å². The number of carbonyl (C=O) groups excluding carboxylic acids is 1. The van der Waals surface area contributed by atoms with E-state index in [1.807, 2.05) is 18.2 Å². The van der Waals surface area contributed by atoms with Crippen LogP contribution < -0.4 is 0 Å². The average molecular weight is 261 g/mol. The summed E-state index contributed by atoms with van der Waals surface area (Å²) in [5, 5.41) is 0. The average Bonchev–Trinajstić information content (AvgIpc) is 2.55. The Bertz CT molecular complexity index is 523. The van der Waals surface area contributed by atoms with Crippen LogP contribution in [0.25, 0.3) is 5.57 Å². The van der Waals surface area contributed by atoms with E-state index in [2.05, 4.69) is 28.1 Å². The molecule has 0 saturated carbocycles. The lowest BCUT2D eigenvalue weighted by Gasteiger charge is -2.06. The second-order valence-electron chi connectivity index (χ2n) is 3.82. The molecule has 0 N–H and O–H groups in total. The molecule has 0 heterocycles. The molecule has 1 aromatic carbocycles. The Kier molecular flexibility index (Phi) is 1.93. The molecule has 0 amide bonds. The van der Waals surface area contributed by atoms with Crippen LogP contribution in [0.15, 0.2) is 40.4 Å². The number of carbonyl (C=O) groups is 1. The van der Waals surface area contributed by atoms with Crippen LogP contribution in [-0.4, -0.2) is 5.78 Å². The molecule has 0 aromatic heterocycles. The van der Waals surface area contributed by atoms with Crippen LogP contribution in [0.1, 0.15) is 28.8 Å². The van der Waals surface area contributed by atoms with E-state index in [0.29, 0.717) is 0 Å². The number of hydrogen-bond acceptors (Lipinski definition) is 1. The number of allylic oxidation sites excluding steroid dienone is 4. The fourth-order valence-corrected chi connectivity index (χ4v) is 2.83. The van der Waals surface area contributed by atoms with Gasteiger partial charge < -0.3 is 0 Å². The number of halogens is 1. The third kappa shape index (κ3) is 1.18. The van der Waals surface area contributed by atoms with E-state index in [1.54, 1.807) is 0 Å². The Labute approximate surface area is 96.6 Å². The minimum absolute atomic E-state index is 0.205. The minimum atomic E-state index is 0.205. The first kappa shape index (κ1) is 9.10. The lowest BCUT2D eigenvalue weighted by atomic mass is 9.98. The smallest absolute Gasteiger partial charge is 0.191 e. The van der Waals surface area contributed by atoms with Gasteiger partial charge in [-0.3, -0.25) is 4.79 Å². The number of fused-ring (bicyclic) bond motifs is 2. The molecule has 15 heavy (non-hydrogen) atoms. The normalized spacial score (nSPS) is 18.1. The van der Waals surface area contributed by atoms with Crippen molar-refractivity contribution in [1.82, 2.24) is 0 Å². The van der Waals surface area contributed by atoms with Gasteiger partial charge >= 0.3 is 0 Å². The van der Waals surface area contributed by atoms with Gasteiger partial charge in [-0.05, 0) is 30.0 Å². The topological polar surface area (TPSA) is 17.1 Å². The zero-order valence-corrected chi connectivity index (χ0v) is 9.67. The van der Waals surface area contributed by atoms with Gasteiger partial charge in [0.15, 0.2) is 5.78 Å². The maximum absolute atomic E-state index is 12.1. The standard InChI is InChI=1S/C13H9BrO/c14-11-7-3-6-9-8-4-1-2-5-10(8)13(15)12(9)11/h1,3-4,6-7H,2,5H2. The van der Waals surface area contributed by atoms with Gasteiger partial charge in [-0.15, -0.1) is 0 Å². The van der Waals surface area contributed by atoms with Crippen molar-refractivity contribution in [3.63, 3.8) is 0 Å². The van der Waals surface area contributed by atoms with Crippen molar-refractivity contribution in [1.29, 1.82) is 0 Å². The third-order valence-electron chi connectivity index (χ3n) is 2.98. The SMILES string of the molecule is O=C1C2=C(C=CCC2)c2cccc(Br)c21. The van der Waals surface area contributed by atoms with Crippen molar-refractivity contribution in [2.45, 2.75) is 12.8 Å². The molecule has 2 aliphatic rings. The molecule has 2 aliphatic carbocycles. The largest absolute Gasteiger partial charge is 0.289 e. The molecular weight excluding hydrogens is 252 g/mol. The van der Waals surface area contributed by atoms with E-state index in [0.717, 1.165) is 39.6 Å². The van der Waals surface area contributed by atoms with E-state index in [1.165, 1.54) is 0 Å². The summed E-state index contributed by atoms with van der Waals surface area (Å²) >= 11 is 3.45. The fourth-order valence-electron chi connectivity index (χ4n) is 2.28. The molecule has 0 atom stereocenters. The van der Waals surface area contributed by atoms with Crippen LogP contribution in [0.5, 0.6) is 0 Å². The van der Waals surface area contributed by atoms with Crippen LogP contribution in [-0.2, 0) is 0 Å². The molecule has 0 radical (unpaired) electrons. The molecule has 2 heteroatoms. The number of rotatable bonds is 0. The van der Waals surface area contributed by atoms with Gasteiger partial charge in [-0.1, -0.05) is 40.2 Å². The second-order valence-corrected chi connectivity index (χ2v) is 4.68. The molecule has 0 aliphatic heterocycles. The highest BCUT2D eigenvalue weighted by Crippen LogP contribution is 2.40. The van der Waals surface area contributed by atoms with E-state index < -0.39 is 0 Å². The number of benzene rings is 1. The van der Waals surface area contributed by atoms with Crippen LogP contribution in [0, 0.1) is 0 Å². The van der Waals surface area contributed by atoms with E-state index >= 15 is 0 Å². The van der Waals surface area contributed by atoms with E-state index in [-0.39, 0.29) is 5.78 Å². The maximum atomic E-state index is 12.1. The van der Waals surface area contributed by atoms with Crippen LogP contribution in [0.4, 0.5) is 0 Å². The molecule has 1 nitrogen and oxygen atoms in total.